The molecule has 1 aromatic carbocycles. The van der Waals surface area contributed by atoms with Crippen LogP contribution in [-0.2, 0) is 16.0 Å². The first-order chi connectivity index (χ1) is 11.9. The lowest BCUT2D eigenvalue weighted by atomic mass is 10.1. The Labute approximate surface area is 144 Å². The predicted octanol–water partition coefficient (Wildman–Crippen LogP) is 1.88. The number of ether oxygens (including phenoxy) is 1. The highest BCUT2D eigenvalue weighted by molar-refractivity contribution is 5.80. The first-order valence-corrected chi connectivity index (χ1v) is 8.16. The molecule has 0 heterocycles. The van der Waals surface area contributed by atoms with E-state index in [2.05, 4.69) is 10.1 Å². The highest BCUT2D eigenvalue weighted by Crippen LogP contribution is 2.28. The van der Waals surface area contributed by atoms with Gasteiger partial charge in [0, 0.05) is 12.6 Å². The molecule has 1 saturated carbocycles. The van der Waals surface area contributed by atoms with E-state index in [0.717, 1.165) is 18.4 Å². The number of carbonyl (C=O) groups excluding carboxylic acids is 1. The molecule has 1 fully saturated rings. The third-order valence-electron chi connectivity index (χ3n) is 4.08. The first kappa shape index (κ1) is 19.1. The van der Waals surface area contributed by atoms with Crippen LogP contribution in [0.3, 0.4) is 0 Å². The van der Waals surface area contributed by atoms with E-state index in [1.165, 1.54) is 12.1 Å². The number of aliphatic carboxylic acids is 1. The smallest absolute Gasteiger partial charge is 0.387 e. The number of alkyl halides is 2. The van der Waals surface area contributed by atoms with Crippen molar-refractivity contribution in [2.75, 3.05) is 13.1 Å². The van der Waals surface area contributed by atoms with Crippen molar-refractivity contribution in [3.05, 3.63) is 29.8 Å². The Kier molecular flexibility index (Phi) is 6.69. The van der Waals surface area contributed by atoms with Gasteiger partial charge in [0.1, 0.15) is 11.8 Å². The quantitative estimate of drug-likeness (QED) is 0.669. The minimum atomic E-state index is -2.85. The van der Waals surface area contributed by atoms with Crippen molar-refractivity contribution in [1.82, 2.24) is 10.2 Å². The molecule has 8 heteroatoms. The molecule has 1 aliphatic carbocycles. The standard InChI is InChI=1S/C17H22F2N2O4/c1-11(16(23)24)21(13-4-5-13)10-15(22)20-9-8-12-2-6-14(7-3-12)25-17(18)19/h2-3,6-7,11,13,17H,4-5,8-10H2,1H3,(H,20,22)(H,23,24). The number of benzene rings is 1. The van der Waals surface area contributed by atoms with Gasteiger partial charge in [-0.3, -0.25) is 14.5 Å². The van der Waals surface area contributed by atoms with Crippen molar-refractivity contribution in [3.63, 3.8) is 0 Å². The Morgan fingerprint density at radius 2 is 1.96 bits per heavy atom. The van der Waals surface area contributed by atoms with E-state index in [4.69, 9.17) is 5.11 Å². The van der Waals surface area contributed by atoms with Gasteiger partial charge < -0.3 is 15.2 Å². The van der Waals surface area contributed by atoms with Crippen LogP contribution in [-0.4, -0.2) is 53.7 Å². The molecule has 2 N–H and O–H groups in total. The topological polar surface area (TPSA) is 78.9 Å². The highest BCUT2D eigenvalue weighted by Gasteiger charge is 2.35. The Hall–Kier alpha value is -2.22. The molecule has 0 radical (unpaired) electrons. The predicted molar refractivity (Wildman–Crippen MR) is 86.6 cm³/mol. The molecule has 0 aromatic heterocycles. The molecule has 1 atom stereocenters. The molecule has 0 spiro atoms. The van der Waals surface area contributed by atoms with Crippen molar-refractivity contribution < 1.29 is 28.2 Å². The summed E-state index contributed by atoms with van der Waals surface area (Å²) in [6.45, 7) is -0.836. The average Bonchev–Trinajstić information content (AvgIpc) is 3.38. The van der Waals surface area contributed by atoms with E-state index in [0.29, 0.717) is 13.0 Å². The van der Waals surface area contributed by atoms with Gasteiger partial charge in [-0.05, 0) is 43.9 Å². The van der Waals surface area contributed by atoms with Crippen LogP contribution in [0.2, 0.25) is 0 Å². The number of rotatable bonds is 10. The monoisotopic (exact) mass is 356 g/mol. The number of nitrogens with one attached hydrogen (secondary N) is 1. The maximum absolute atomic E-state index is 12.1. The van der Waals surface area contributed by atoms with Crippen LogP contribution >= 0.6 is 0 Å². The van der Waals surface area contributed by atoms with Gasteiger partial charge in [-0.15, -0.1) is 0 Å². The van der Waals surface area contributed by atoms with E-state index in [1.807, 2.05) is 0 Å². The van der Waals surface area contributed by atoms with Crippen LogP contribution in [0.4, 0.5) is 8.78 Å². The van der Waals surface area contributed by atoms with Gasteiger partial charge in [0.25, 0.3) is 0 Å². The van der Waals surface area contributed by atoms with Crippen LogP contribution in [0.1, 0.15) is 25.3 Å². The second-order valence-electron chi connectivity index (χ2n) is 6.04. The second-order valence-corrected chi connectivity index (χ2v) is 6.04. The van der Waals surface area contributed by atoms with Crippen LogP contribution in [0, 0.1) is 0 Å². The van der Waals surface area contributed by atoms with Crippen LogP contribution in [0.15, 0.2) is 24.3 Å². The Morgan fingerprint density at radius 3 is 2.48 bits per heavy atom. The molecule has 1 unspecified atom stereocenters. The summed E-state index contributed by atoms with van der Waals surface area (Å²) in [4.78, 5) is 24.8. The average molecular weight is 356 g/mol. The summed E-state index contributed by atoms with van der Waals surface area (Å²) in [5, 5.41) is 11.9. The zero-order valence-corrected chi connectivity index (χ0v) is 14.0. The fraction of sp³-hybridized carbons (Fsp3) is 0.529. The molecule has 1 aliphatic rings. The number of hydrogen-bond donors (Lipinski definition) is 2. The van der Waals surface area contributed by atoms with E-state index in [9.17, 15) is 18.4 Å². The van der Waals surface area contributed by atoms with Crippen molar-refractivity contribution >= 4 is 11.9 Å². The molecule has 0 aliphatic heterocycles. The second kappa shape index (κ2) is 8.75. The third kappa shape index (κ3) is 6.30. The highest BCUT2D eigenvalue weighted by atomic mass is 19.3. The number of halogens is 2. The van der Waals surface area contributed by atoms with Crippen LogP contribution < -0.4 is 10.1 Å². The van der Waals surface area contributed by atoms with Gasteiger partial charge in [-0.25, -0.2) is 0 Å². The normalized spacial score (nSPS) is 15.2. The number of amides is 1. The Balaban J connectivity index is 1.75. The van der Waals surface area contributed by atoms with Crippen LogP contribution in [0.25, 0.3) is 0 Å². The number of carboxylic acid groups (broad SMARTS) is 1. The lowest BCUT2D eigenvalue weighted by Crippen LogP contribution is -2.46. The molecule has 2 rings (SSSR count). The number of carbonyl (C=O) groups is 2. The summed E-state index contributed by atoms with van der Waals surface area (Å²) in [5.74, 6) is -1.08. The van der Waals surface area contributed by atoms with Crippen molar-refractivity contribution in [2.45, 2.75) is 44.9 Å². The van der Waals surface area contributed by atoms with Gasteiger partial charge in [0.05, 0.1) is 6.54 Å². The molecular weight excluding hydrogens is 334 g/mol. The summed E-state index contributed by atoms with van der Waals surface area (Å²) >= 11 is 0. The molecule has 6 nitrogen and oxygen atoms in total. The maximum Gasteiger partial charge on any atom is 0.387 e. The minimum Gasteiger partial charge on any atom is -0.480 e. The van der Waals surface area contributed by atoms with Crippen LogP contribution in [0.5, 0.6) is 5.75 Å². The Bertz CT molecular complexity index is 591. The SMILES string of the molecule is CC(C(=O)O)N(CC(=O)NCCc1ccc(OC(F)F)cc1)C1CC1. The van der Waals surface area contributed by atoms with E-state index in [1.54, 1.807) is 24.0 Å². The molecule has 0 bridgehead atoms. The summed E-state index contributed by atoms with van der Waals surface area (Å²) in [5.41, 5.74) is 0.875. The largest absolute Gasteiger partial charge is 0.480 e. The lowest BCUT2D eigenvalue weighted by Gasteiger charge is -2.25. The molecule has 25 heavy (non-hydrogen) atoms. The summed E-state index contributed by atoms with van der Waals surface area (Å²) in [6.07, 6.45) is 2.37. The summed E-state index contributed by atoms with van der Waals surface area (Å²) in [6, 6.07) is 5.69. The van der Waals surface area contributed by atoms with Crippen molar-refractivity contribution in [1.29, 1.82) is 0 Å². The number of nitrogens with zero attached hydrogens (tertiary/aromatic N) is 1. The molecule has 1 aromatic rings. The summed E-state index contributed by atoms with van der Waals surface area (Å²) in [7, 11) is 0. The molecular formula is C17H22F2N2O4. The van der Waals surface area contributed by atoms with E-state index in [-0.39, 0.29) is 24.2 Å². The lowest BCUT2D eigenvalue weighted by molar-refractivity contribution is -0.143. The third-order valence-corrected chi connectivity index (χ3v) is 4.08. The van der Waals surface area contributed by atoms with Gasteiger partial charge in [-0.1, -0.05) is 12.1 Å². The zero-order chi connectivity index (χ0) is 18.4. The van der Waals surface area contributed by atoms with Gasteiger partial charge in [0.15, 0.2) is 0 Å². The van der Waals surface area contributed by atoms with Gasteiger partial charge in [0.2, 0.25) is 5.91 Å². The Morgan fingerprint density at radius 1 is 1.32 bits per heavy atom. The van der Waals surface area contributed by atoms with E-state index >= 15 is 0 Å². The number of carboxylic acids is 1. The zero-order valence-electron chi connectivity index (χ0n) is 14.0. The van der Waals surface area contributed by atoms with Crippen molar-refractivity contribution in [2.24, 2.45) is 0 Å². The number of hydrogen-bond acceptors (Lipinski definition) is 4. The first-order valence-electron chi connectivity index (χ1n) is 8.16. The van der Waals surface area contributed by atoms with Crippen molar-refractivity contribution in [3.8, 4) is 5.75 Å². The maximum atomic E-state index is 12.1. The van der Waals surface area contributed by atoms with Gasteiger partial charge >= 0.3 is 12.6 Å². The molecule has 1 amide bonds. The fourth-order valence-corrected chi connectivity index (χ4v) is 2.54. The molecule has 138 valence electrons. The molecule has 0 saturated heterocycles. The van der Waals surface area contributed by atoms with E-state index < -0.39 is 18.6 Å². The summed E-state index contributed by atoms with van der Waals surface area (Å²) < 4.78 is 28.4. The minimum absolute atomic E-state index is 0.0549. The fourth-order valence-electron chi connectivity index (χ4n) is 2.54. The van der Waals surface area contributed by atoms with Gasteiger partial charge in [-0.2, -0.15) is 8.78 Å².